The smallest absolute Gasteiger partial charge is 0.328 e. The molecule has 18 heavy (non-hydrogen) atoms. The molecule has 1 unspecified atom stereocenters. The predicted molar refractivity (Wildman–Crippen MR) is 65.8 cm³/mol. The Morgan fingerprint density at radius 1 is 1.61 bits per heavy atom. The van der Waals surface area contributed by atoms with Crippen LogP contribution in [0.1, 0.15) is 26.2 Å². The number of ether oxygens (including phenoxy) is 1. The average Bonchev–Trinajstić information content (AvgIpc) is 3.13. The topological polar surface area (TPSA) is 69.0 Å². The van der Waals surface area contributed by atoms with Crippen LogP contribution in [0.25, 0.3) is 0 Å². The molecule has 1 heterocycles. The number of carbonyl (C=O) groups excluding carboxylic acids is 1. The summed E-state index contributed by atoms with van der Waals surface area (Å²) >= 11 is 0. The fourth-order valence-corrected chi connectivity index (χ4v) is 2.31. The summed E-state index contributed by atoms with van der Waals surface area (Å²) in [5.74, 6) is 0.134. The molecule has 1 N–H and O–H groups in total. The van der Waals surface area contributed by atoms with E-state index in [2.05, 4.69) is 22.3 Å². The number of esters is 1. The van der Waals surface area contributed by atoms with Crippen LogP contribution >= 0.6 is 0 Å². The van der Waals surface area contributed by atoms with Gasteiger partial charge in [0, 0.05) is 0 Å². The fourth-order valence-electron chi connectivity index (χ4n) is 2.31. The number of hydrogen-bond acceptors (Lipinski definition) is 5. The number of nitrogens with one attached hydrogen (secondary N) is 1. The van der Waals surface area contributed by atoms with Gasteiger partial charge in [0.25, 0.3) is 0 Å². The second kappa shape index (κ2) is 5.48. The summed E-state index contributed by atoms with van der Waals surface area (Å²) in [6.45, 7) is 3.35. The SMILES string of the molecule is CCCNC(Cn1cncn1)(C(=O)OC)C1CC1. The molecule has 6 nitrogen and oxygen atoms in total. The Kier molecular flexibility index (Phi) is 3.96. The predicted octanol–water partition coefficient (Wildman–Crippen LogP) is 0.599. The van der Waals surface area contributed by atoms with Gasteiger partial charge >= 0.3 is 5.97 Å². The summed E-state index contributed by atoms with van der Waals surface area (Å²) in [7, 11) is 1.44. The third-order valence-corrected chi connectivity index (χ3v) is 3.39. The van der Waals surface area contributed by atoms with Crippen molar-refractivity contribution in [2.24, 2.45) is 5.92 Å². The summed E-state index contributed by atoms with van der Waals surface area (Å²) in [6, 6.07) is 0. The minimum absolute atomic E-state index is 0.200. The highest BCUT2D eigenvalue weighted by Crippen LogP contribution is 2.41. The molecule has 0 aliphatic heterocycles. The highest BCUT2D eigenvalue weighted by Gasteiger charge is 2.52. The molecule has 1 aliphatic carbocycles. The third kappa shape index (κ3) is 2.53. The molecule has 0 spiro atoms. The van der Waals surface area contributed by atoms with E-state index in [4.69, 9.17) is 4.74 Å². The highest BCUT2D eigenvalue weighted by molar-refractivity contribution is 5.81. The standard InChI is InChI=1S/C12H20N4O2/c1-3-6-14-12(10-4-5-10,11(17)18-2)7-16-9-13-8-15-16/h8-10,14H,3-7H2,1-2H3. The van der Waals surface area contributed by atoms with Crippen molar-refractivity contribution >= 4 is 5.97 Å². The molecule has 1 aliphatic rings. The summed E-state index contributed by atoms with van der Waals surface area (Å²) < 4.78 is 6.69. The maximum atomic E-state index is 12.2. The van der Waals surface area contributed by atoms with Gasteiger partial charge in [-0.1, -0.05) is 6.92 Å². The van der Waals surface area contributed by atoms with Crippen LogP contribution in [0, 0.1) is 5.92 Å². The van der Waals surface area contributed by atoms with Gasteiger partial charge in [-0.15, -0.1) is 0 Å². The Bertz CT molecular complexity index is 389. The van der Waals surface area contributed by atoms with E-state index in [-0.39, 0.29) is 5.97 Å². The minimum Gasteiger partial charge on any atom is -0.468 e. The lowest BCUT2D eigenvalue weighted by Crippen LogP contribution is -2.57. The first-order chi connectivity index (χ1) is 8.73. The van der Waals surface area contributed by atoms with Crippen molar-refractivity contribution in [3.05, 3.63) is 12.7 Å². The van der Waals surface area contributed by atoms with E-state index in [1.54, 1.807) is 11.0 Å². The van der Waals surface area contributed by atoms with Crippen molar-refractivity contribution in [1.82, 2.24) is 20.1 Å². The Balaban J connectivity index is 2.20. The molecule has 1 fully saturated rings. The molecule has 0 aromatic carbocycles. The molecule has 1 saturated carbocycles. The normalized spacial score (nSPS) is 18.3. The monoisotopic (exact) mass is 252 g/mol. The van der Waals surface area contributed by atoms with Gasteiger partial charge in [-0.3, -0.25) is 4.68 Å². The molecule has 0 radical (unpaired) electrons. The van der Waals surface area contributed by atoms with Crippen molar-refractivity contribution in [3.8, 4) is 0 Å². The Labute approximate surface area is 107 Å². The molecular weight excluding hydrogens is 232 g/mol. The molecule has 0 amide bonds. The maximum absolute atomic E-state index is 12.2. The number of nitrogens with zero attached hydrogens (tertiary/aromatic N) is 3. The van der Waals surface area contributed by atoms with Crippen LogP contribution in [0.3, 0.4) is 0 Å². The second-order valence-electron chi connectivity index (χ2n) is 4.76. The summed E-state index contributed by atoms with van der Waals surface area (Å²) in [4.78, 5) is 16.1. The molecule has 1 aromatic rings. The lowest BCUT2D eigenvalue weighted by atomic mass is 9.92. The van der Waals surface area contributed by atoms with E-state index >= 15 is 0 Å². The van der Waals surface area contributed by atoms with Crippen molar-refractivity contribution in [2.75, 3.05) is 13.7 Å². The zero-order chi connectivity index (χ0) is 13.0. The fraction of sp³-hybridized carbons (Fsp3) is 0.750. The van der Waals surface area contributed by atoms with E-state index in [0.717, 1.165) is 25.8 Å². The summed E-state index contributed by atoms with van der Waals surface area (Å²) in [6.07, 6.45) is 6.20. The average molecular weight is 252 g/mol. The maximum Gasteiger partial charge on any atom is 0.328 e. The van der Waals surface area contributed by atoms with Crippen molar-refractivity contribution in [1.29, 1.82) is 0 Å². The summed E-state index contributed by atoms with van der Waals surface area (Å²) in [5.41, 5.74) is -0.654. The van der Waals surface area contributed by atoms with Crippen molar-refractivity contribution < 1.29 is 9.53 Å². The van der Waals surface area contributed by atoms with Crippen LogP contribution < -0.4 is 5.32 Å². The van der Waals surface area contributed by atoms with Gasteiger partial charge in [-0.25, -0.2) is 9.78 Å². The van der Waals surface area contributed by atoms with Gasteiger partial charge in [0.1, 0.15) is 18.2 Å². The van der Waals surface area contributed by atoms with Crippen LogP contribution in [0.5, 0.6) is 0 Å². The van der Waals surface area contributed by atoms with E-state index in [1.165, 1.54) is 13.4 Å². The van der Waals surface area contributed by atoms with Gasteiger partial charge in [0.2, 0.25) is 0 Å². The first-order valence-electron chi connectivity index (χ1n) is 6.38. The Hall–Kier alpha value is -1.43. The molecule has 2 rings (SSSR count). The molecular formula is C12H20N4O2. The molecule has 1 atom stereocenters. The van der Waals surface area contributed by atoms with Gasteiger partial charge < -0.3 is 10.1 Å². The number of hydrogen-bond donors (Lipinski definition) is 1. The van der Waals surface area contributed by atoms with Gasteiger partial charge in [-0.2, -0.15) is 5.10 Å². The quantitative estimate of drug-likeness (QED) is 0.720. The van der Waals surface area contributed by atoms with Gasteiger partial charge in [0.05, 0.1) is 13.7 Å². The van der Waals surface area contributed by atoms with Crippen LogP contribution in [0.4, 0.5) is 0 Å². The summed E-state index contributed by atoms with van der Waals surface area (Å²) in [5, 5.41) is 7.46. The van der Waals surface area contributed by atoms with Crippen molar-refractivity contribution in [3.63, 3.8) is 0 Å². The van der Waals surface area contributed by atoms with Crippen LogP contribution in [0.2, 0.25) is 0 Å². The van der Waals surface area contributed by atoms with E-state index in [0.29, 0.717) is 12.5 Å². The second-order valence-corrected chi connectivity index (χ2v) is 4.76. The Morgan fingerprint density at radius 3 is 2.89 bits per heavy atom. The first-order valence-corrected chi connectivity index (χ1v) is 6.38. The number of carbonyl (C=O) groups is 1. The molecule has 100 valence electrons. The largest absolute Gasteiger partial charge is 0.468 e. The molecule has 0 saturated heterocycles. The Morgan fingerprint density at radius 2 is 2.39 bits per heavy atom. The zero-order valence-electron chi connectivity index (χ0n) is 10.9. The molecule has 6 heteroatoms. The van der Waals surface area contributed by atoms with Crippen molar-refractivity contribution in [2.45, 2.75) is 38.3 Å². The van der Waals surface area contributed by atoms with Crippen LogP contribution in [0.15, 0.2) is 12.7 Å². The van der Waals surface area contributed by atoms with E-state index in [1.807, 2.05) is 0 Å². The lowest BCUT2D eigenvalue weighted by molar-refractivity contribution is -0.150. The van der Waals surface area contributed by atoms with E-state index in [9.17, 15) is 4.79 Å². The highest BCUT2D eigenvalue weighted by atomic mass is 16.5. The molecule has 1 aromatic heterocycles. The van der Waals surface area contributed by atoms with Crippen LogP contribution in [-0.2, 0) is 16.1 Å². The minimum atomic E-state index is -0.654. The van der Waals surface area contributed by atoms with E-state index < -0.39 is 5.54 Å². The number of rotatable bonds is 7. The first kappa shape index (κ1) is 13.0. The van der Waals surface area contributed by atoms with Crippen LogP contribution in [-0.4, -0.2) is 39.9 Å². The third-order valence-electron chi connectivity index (χ3n) is 3.39. The number of aromatic nitrogens is 3. The van der Waals surface area contributed by atoms with Gasteiger partial charge in [-0.05, 0) is 31.7 Å². The lowest BCUT2D eigenvalue weighted by Gasteiger charge is -2.32. The number of methoxy groups -OCH3 is 1. The zero-order valence-corrected chi connectivity index (χ0v) is 10.9. The molecule has 0 bridgehead atoms. The van der Waals surface area contributed by atoms with Gasteiger partial charge in [0.15, 0.2) is 0 Å².